The zero-order chi connectivity index (χ0) is 21.5. The molecule has 5 rings (SSSR count). The Kier molecular flexibility index (Phi) is 5.27. The number of hydrazine groups is 1. The van der Waals surface area contributed by atoms with Crippen molar-refractivity contribution in [3.05, 3.63) is 56.8 Å². The van der Waals surface area contributed by atoms with Gasteiger partial charge < -0.3 is 0 Å². The fourth-order valence-corrected chi connectivity index (χ4v) is 5.79. The van der Waals surface area contributed by atoms with Crippen molar-refractivity contribution in [2.75, 3.05) is 19.6 Å². The first-order valence-corrected chi connectivity index (χ1v) is 11.6. The lowest BCUT2D eigenvalue weighted by molar-refractivity contribution is -0.123. The summed E-state index contributed by atoms with van der Waals surface area (Å²) in [7, 11) is 0. The Bertz CT molecular complexity index is 1040. The highest BCUT2D eigenvalue weighted by Gasteiger charge is 2.37. The summed E-state index contributed by atoms with van der Waals surface area (Å²) in [6, 6.07) is 9.96. The van der Waals surface area contributed by atoms with E-state index in [2.05, 4.69) is 35.3 Å². The second-order valence-electron chi connectivity index (χ2n) is 8.58. The van der Waals surface area contributed by atoms with E-state index in [1.54, 1.807) is 0 Å². The molecule has 0 aliphatic carbocycles. The van der Waals surface area contributed by atoms with Crippen molar-refractivity contribution < 1.29 is 14.4 Å². The Morgan fingerprint density at radius 3 is 2.55 bits per heavy atom. The van der Waals surface area contributed by atoms with Crippen molar-refractivity contribution >= 4 is 29.2 Å². The highest BCUT2D eigenvalue weighted by atomic mass is 32.1. The highest BCUT2D eigenvalue weighted by Crippen LogP contribution is 2.33. The Morgan fingerprint density at radius 1 is 1.03 bits per heavy atom. The van der Waals surface area contributed by atoms with Gasteiger partial charge in [0.1, 0.15) is 0 Å². The molecule has 1 aromatic heterocycles. The summed E-state index contributed by atoms with van der Waals surface area (Å²) in [5.41, 5.74) is 2.77. The second-order valence-corrected chi connectivity index (χ2v) is 9.90. The van der Waals surface area contributed by atoms with Crippen LogP contribution in [0.3, 0.4) is 0 Å². The maximum atomic E-state index is 12.8. The predicted molar refractivity (Wildman–Crippen MR) is 117 cm³/mol. The van der Waals surface area contributed by atoms with E-state index < -0.39 is 6.03 Å². The highest BCUT2D eigenvalue weighted by molar-refractivity contribution is 7.12. The molecule has 8 heteroatoms. The van der Waals surface area contributed by atoms with Crippen LogP contribution in [0, 0.1) is 6.92 Å². The fraction of sp³-hybridized carbons (Fsp3) is 0.435. The molecule has 4 amide bonds. The van der Waals surface area contributed by atoms with Crippen LogP contribution in [-0.2, 0) is 17.9 Å². The van der Waals surface area contributed by atoms with E-state index in [-0.39, 0.29) is 24.8 Å². The molecule has 0 saturated carbocycles. The lowest BCUT2D eigenvalue weighted by atomic mass is 9.95. The van der Waals surface area contributed by atoms with E-state index in [1.807, 2.05) is 23.5 Å². The number of urea groups is 1. The molecule has 2 fully saturated rings. The summed E-state index contributed by atoms with van der Waals surface area (Å²) in [6.45, 7) is 5.79. The smallest absolute Gasteiger partial charge is 0.299 e. The summed E-state index contributed by atoms with van der Waals surface area (Å²) in [6.07, 6.45) is 2.57. The van der Waals surface area contributed by atoms with Crippen molar-refractivity contribution in [2.45, 2.75) is 45.2 Å². The number of imide groups is 1. The van der Waals surface area contributed by atoms with Gasteiger partial charge in [-0.25, -0.2) is 14.8 Å². The molecule has 1 N–H and O–H groups in total. The number of carbonyl (C=O) groups excluding carboxylic acids is 3. The van der Waals surface area contributed by atoms with Crippen LogP contribution < -0.4 is 5.32 Å². The lowest BCUT2D eigenvalue weighted by Crippen LogP contribution is -2.56. The predicted octanol–water partition coefficient (Wildman–Crippen LogP) is 3.25. The summed E-state index contributed by atoms with van der Waals surface area (Å²) >= 11 is 1.92. The zero-order valence-electron chi connectivity index (χ0n) is 17.6. The Balaban J connectivity index is 1.22. The summed E-state index contributed by atoms with van der Waals surface area (Å²) in [5.74, 6) is 0.188. The number of carbonyl (C=O) groups is 3. The number of hydrogen-bond acceptors (Lipinski definition) is 5. The van der Waals surface area contributed by atoms with E-state index >= 15 is 0 Å². The first-order valence-electron chi connectivity index (χ1n) is 10.8. The number of likely N-dealkylation sites (tertiary alicyclic amines) is 1. The minimum absolute atomic E-state index is 0.182. The van der Waals surface area contributed by atoms with Crippen molar-refractivity contribution in [3.8, 4) is 0 Å². The minimum Gasteiger partial charge on any atom is -0.299 e. The van der Waals surface area contributed by atoms with Crippen molar-refractivity contribution in [2.24, 2.45) is 0 Å². The van der Waals surface area contributed by atoms with Gasteiger partial charge in [0.25, 0.3) is 5.91 Å². The lowest BCUT2D eigenvalue weighted by Gasteiger charge is -2.33. The van der Waals surface area contributed by atoms with Gasteiger partial charge in [-0.2, -0.15) is 0 Å². The maximum absolute atomic E-state index is 12.8. The van der Waals surface area contributed by atoms with Crippen LogP contribution in [0.25, 0.3) is 0 Å². The number of aryl methyl sites for hydroxylation is 1. The number of nitrogens with one attached hydrogen (secondary N) is 1. The molecule has 0 radical (unpaired) electrons. The molecule has 7 nitrogen and oxygen atoms in total. The van der Waals surface area contributed by atoms with E-state index in [0.29, 0.717) is 18.0 Å². The topological polar surface area (TPSA) is 73.0 Å². The molecule has 4 heterocycles. The van der Waals surface area contributed by atoms with Crippen molar-refractivity contribution in [1.29, 1.82) is 0 Å². The van der Waals surface area contributed by atoms with Gasteiger partial charge in [0.05, 0.1) is 13.1 Å². The van der Waals surface area contributed by atoms with Crippen LogP contribution in [0.2, 0.25) is 0 Å². The number of rotatable bonds is 4. The number of nitrogens with zero attached hydrogens (tertiary/aromatic N) is 3. The number of benzene rings is 1. The third-order valence-electron chi connectivity index (χ3n) is 6.43. The summed E-state index contributed by atoms with van der Waals surface area (Å²) in [5, 5.41) is 5.08. The van der Waals surface area contributed by atoms with Crippen molar-refractivity contribution in [3.63, 3.8) is 0 Å². The largest absolute Gasteiger partial charge is 0.342 e. The van der Waals surface area contributed by atoms with Gasteiger partial charge in [0.15, 0.2) is 0 Å². The quantitative estimate of drug-likeness (QED) is 0.795. The Labute approximate surface area is 185 Å². The first-order chi connectivity index (χ1) is 15.0. The standard InChI is InChI=1S/C23H26N4O3S/c1-15-2-5-20(31-15)17-6-9-25(10-7-17)13-16-3-4-19-18(12-16)14-27(22(19)29)26-11-8-21(28)24-23(26)30/h2-5,12,17H,6-11,13-14H2,1H3,(H,24,28,30). The molecule has 162 valence electrons. The molecule has 0 atom stereocenters. The van der Waals surface area contributed by atoms with Crippen LogP contribution in [0.4, 0.5) is 4.79 Å². The van der Waals surface area contributed by atoms with E-state index in [9.17, 15) is 14.4 Å². The molecule has 0 unspecified atom stereocenters. The first kappa shape index (κ1) is 20.2. The SMILES string of the molecule is Cc1ccc(C2CCN(Cc3ccc4c(c3)CN(N3CCC(=O)NC3=O)C4=O)CC2)s1. The van der Waals surface area contributed by atoms with Gasteiger partial charge in [0.2, 0.25) is 5.91 Å². The monoisotopic (exact) mass is 438 g/mol. The summed E-state index contributed by atoms with van der Waals surface area (Å²) < 4.78 is 0. The number of amides is 4. The van der Waals surface area contributed by atoms with Crippen molar-refractivity contribution in [1.82, 2.24) is 20.2 Å². The van der Waals surface area contributed by atoms with Gasteiger partial charge in [0, 0.05) is 28.3 Å². The molecule has 0 bridgehead atoms. The summed E-state index contributed by atoms with van der Waals surface area (Å²) in [4.78, 5) is 41.7. The Morgan fingerprint density at radius 2 is 1.84 bits per heavy atom. The van der Waals surface area contributed by atoms with Gasteiger partial charge in [-0.15, -0.1) is 11.3 Å². The Hall–Kier alpha value is -2.71. The third kappa shape index (κ3) is 3.97. The number of fused-ring (bicyclic) bond motifs is 1. The van der Waals surface area contributed by atoms with Crippen LogP contribution in [-0.4, -0.2) is 52.4 Å². The molecule has 0 spiro atoms. The molecule has 1 aromatic carbocycles. The minimum atomic E-state index is -0.526. The average Bonchev–Trinajstić information content (AvgIpc) is 3.32. The van der Waals surface area contributed by atoms with Crippen LogP contribution in [0.15, 0.2) is 30.3 Å². The van der Waals surface area contributed by atoms with Crippen LogP contribution >= 0.6 is 11.3 Å². The molecule has 3 aliphatic rings. The number of hydrogen-bond donors (Lipinski definition) is 1. The number of thiophene rings is 1. The van der Waals surface area contributed by atoms with Gasteiger partial charge in [-0.3, -0.25) is 19.8 Å². The van der Waals surface area contributed by atoms with Gasteiger partial charge in [-0.05, 0) is 68.1 Å². The average molecular weight is 439 g/mol. The fourth-order valence-electron chi connectivity index (χ4n) is 4.74. The molecule has 2 saturated heterocycles. The second kappa shape index (κ2) is 8.09. The van der Waals surface area contributed by atoms with E-state index in [4.69, 9.17) is 0 Å². The van der Waals surface area contributed by atoms with Crippen LogP contribution in [0.1, 0.15) is 56.4 Å². The molecule has 3 aliphatic heterocycles. The number of piperidine rings is 1. The third-order valence-corrected chi connectivity index (χ3v) is 7.60. The molecular weight excluding hydrogens is 412 g/mol. The zero-order valence-corrected chi connectivity index (χ0v) is 18.4. The molecule has 2 aromatic rings. The molecule has 31 heavy (non-hydrogen) atoms. The van der Waals surface area contributed by atoms with Gasteiger partial charge >= 0.3 is 6.03 Å². The van der Waals surface area contributed by atoms with E-state index in [1.165, 1.54) is 38.2 Å². The van der Waals surface area contributed by atoms with Crippen LogP contribution in [0.5, 0.6) is 0 Å². The van der Waals surface area contributed by atoms with Gasteiger partial charge in [-0.1, -0.05) is 12.1 Å². The maximum Gasteiger partial charge on any atom is 0.342 e. The molecular formula is C23H26N4O3S. The van der Waals surface area contributed by atoms with E-state index in [0.717, 1.165) is 25.2 Å². The normalized spacial score (nSPS) is 20.4.